The Morgan fingerprint density at radius 2 is 1.95 bits per heavy atom. The number of alkyl halides is 1. The van der Waals surface area contributed by atoms with Crippen molar-refractivity contribution < 1.29 is 4.39 Å². The van der Waals surface area contributed by atoms with Gasteiger partial charge in [0.15, 0.2) is 0 Å². The lowest BCUT2D eigenvalue weighted by atomic mass is 10.00. The summed E-state index contributed by atoms with van der Waals surface area (Å²) in [5, 5.41) is -0.119. The predicted molar refractivity (Wildman–Crippen MR) is 87.8 cm³/mol. The third-order valence-electron chi connectivity index (χ3n) is 4.00. The molecule has 0 aliphatic rings. The Balaban J connectivity index is 2.57. The Hall–Kier alpha value is -0.800. The predicted octanol–water partition coefficient (Wildman–Crippen LogP) is 6.13. The number of fused-ring (bicyclic) bond motifs is 1. The third kappa shape index (κ3) is 3.35. The van der Waals surface area contributed by atoms with Crippen LogP contribution in [-0.2, 0) is 0 Å². The number of hydrogen-bond acceptors (Lipinski definition) is 1. The molecule has 0 radical (unpaired) electrons. The van der Waals surface area contributed by atoms with E-state index in [4.69, 9.17) is 23.2 Å². The number of rotatable bonds is 5. The molecular formula is C16H21Cl2FN2. The zero-order valence-corrected chi connectivity index (χ0v) is 14.3. The first-order chi connectivity index (χ1) is 9.85. The molecule has 1 aromatic heterocycles. The minimum Gasteiger partial charge on any atom is -0.324 e. The number of nitrogens with zero attached hydrogens (tertiary/aromatic N) is 2. The van der Waals surface area contributed by atoms with Crippen LogP contribution in [0, 0.1) is 11.7 Å². The molecule has 2 aromatic rings. The van der Waals surface area contributed by atoms with Crippen LogP contribution in [-0.4, -0.2) is 9.55 Å². The van der Waals surface area contributed by atoms with Gasteiger partial charge in [-0.15, -0.1) is 11.6 Å². The molecule has 1 heterocycles. The van der Waals surface area contributed by atoms with E-state index in [9.17, 15) is 4.39 Å². The van der Waals surface area contributed by atoms with Crippen molar-refractivity contribution in [3.05, 3.63) is 28.8 Å². The van der Waals surface area contributed by atoms with Crippen LogP contribution in [0.4, 0.5) is 4.39 Å². The van der Waals surface area contributed by atoms with Gasteiger partial charge in [0, 0.05) is 12.1 Å². The molecule has 0 fully saturated rings. The molecule has 21 heavy (non-hydrogen) atoms. The average Bonchev–Trinajstić information content (AvgIpc) is 2.77. The first-order valence-electron chi connectivity index (χ1n) is 7.36. The van der Waals surface area contributed by atoms with Gasteiger partial charge in [0.05, 0.1) is 21.4 Å². The largest absolute Gasteiger partial charge is 0.324 e. The van der Waals surface area contributed by atoms with Crippen LogP contribution in [0.3, 0.4) is 0 Å². The van der Waals surface area contributed by atoms with E-state index >= 15 is 0 Å². The van der Waals surface area contributed by atoms with Gasteiger partial charge in [-0.1, -0.05) is 31.9 Å². The van der Waals surface area contributed by atoms with Gasteiger partial charge in [0.25, 0.3) is 0 Å². The Kier molecular flexibility index (Phi) is 5.15. The molecule has 0 saturated carbocycles. The molecule has 1 aromatic carbocycles. The lowest BCUT2D eigenvalue weighted by Crippen LogP contribution is -2.13. The summed E-state index contributed by atoms with van der Waals surface area (Å²) in [6.07, 6.45) is 2.14. The van der Waals surface area contributed by atoms with Gasteiger partial charge in [-0.25, -0.2) is 9.37 Å². The first-order valence-corrected chi connectivity index (χ1v) is 8.17. The van der Waals surface area contributed by atoms with Gasteiger partial charge < -0.3 is 4.57 Å². The van der Waals surface area contributed by atoms with Gasteiger partial charge >= 0.3 is 0 Å². The maximum absolute atomic E-state index is 13.6. The summed E-state index contributed by atoms with van der Waals surface area (Å²) in [7, 11) is 0. The minimum atomic E-state index is -0.447. The van der Waals surface area contributed by atoms with Crippen LogP contribution in [0.5, 0.6) is 0 Å². The molecule has 2 nitrogen and oxygen atoms in total. The lowest BCUT2D eigenvalue weighted by molar-refractivity contribution is 0.397. The van der Waals surface area contributed by atoms with E-state index in [1.807, 2.05) is 6.92 Å². The summed E-state index contributed by atoms with van der Waals surface area (Å²) < 4.78 is 15.7. The maximum Gasteiger partial charge on any atom is 0.144 e. The molecule has 2 rings (SSSR count). The molecule has 0 spiro atoms. The Morgan fingerprint density at radius 3 is 2.52 bits per heavy atom. The number of hydrogen-bond donors (Lipinski definition) is 0. The number of benzene rings is 1. The van der Waals surface area contributed by atoms with Crippen molar-refractivity contribution in [2.45, 2.75) is 52.0 Å². The van der Waals surface area contributed by atoms with Crippen LogP contribution in [0.15, 0.2) is 12.1 Å². The normalized spacial score (nSPS) is 16.1. The molecular weight excluding hydrogens is 310 g/mol. The van der Waals surface area contributed by atoms with Crippen molar-refractivity contribution in [2.75, 3.05) is 0 Å². The highest BCUT2D eigenvalue weighted by Gasteiger charge is 2.21. The second-order valence-corrected chi connectivity index (χ2v) is 6.87. The molecule has 0 aliphatic carbocycles. The first kappa shape index (κ1) is 16.6. The van der Waals surface area contributed by atoms with Crippen molar-refractivity contribution in [1.29, 1.82) is 0 Å². The molecule has 3 atom stereocenters. The summed E-state index contributed by atoms with van der Waals surface area (Å²) in [6.45, 7) is 8.44. The van der Waals surface area contributed by atoms with Crippen LogP contribution < -0.4 is 0 Å². The summed E-state index contributed by atoms with van der Waals surface area (Å²) >= 11 is 12.2. The summed E-state index contributed by atoms with van der Waals surface area (Å²) in [5.74, 6) is 0.924. The highest BCUT2D eigenvalue weighted by molar-refractivity contribution is 6.31. The van der Waals surface area contributed by atoms with Crippen molar-refractivity contribution in [3.63, 3.8) is 0 Å². The van der Waals surface area contributed by atoms with E-state index in [-0.39, 0.29) is 16.4 Å². The number of halogens is 3. The summed E-state index contributed by atoms with van der Waals surface area (Å²) in [4.78, 5) is 4.50. The van der Waals surface area contributed by atoms with Gasteiger partial charge in [-0.05, 0) is 32.3 Å². The van der Waals surface area contributed by atoms with Crippen LogP contribution in [0.1, 0.15) is 57.8 Å². The van der Waals surface area contributed by atoms with Crippen LogP contribution in [0.2, 0.25) is 5.02 Å². The fourth-order valence-corrected chi connectivity index (χ4v) is 3.02. The average molecular weight is 331 g/mol. The van der Waals surface area contributed by atoms with Crippen LogP contribution in [0.25, 0.3) is 11.0 Å². The standard InChI is InChI=1S/C16H21Cl2FN2/c1-5-9(2)6-10(3)21-15-7-12(18)13(19)8-14(15)20-16(21)11(4)17/h7-11H,5-6H2,1-4H3. The van der Waals surface area contributed by atoms with E-state index in [1.54, 1.807) is 6.07 Å². The molecule has 0 bridgehead atoms. The lowest BCUT2D eigenvalue weighted by Gasteiger charge is -2.21. The van der Waals surface area contributed by atoms with Crippen molar-refractivity contribution in [1.82, 2.24) is 9.55 Å². The third-order valence-corrected chi connectivity index (χ3v) is 4.48. The Morgan fingerprint density at radius 1 is 1.29 bits per heavy atom. The molecule has 0 N–H and O–H groups in total. The van der Waals surface area contributed by atoms with Crippen molar-refractivity contribution in [2.24, 2.45) is 5.92 Å². The molecule has 5 heteroatoms. The smallest absolute Gasteiger partial charge is 0.144 e. The molecule has 0 saturated heterocycles. The fraction of sp³-hybridized carbons (Fsp3) is 0.562. The Labute approximate surface area is 135 Å². The van der Waals surface area contributed by atoms with Gasteiger partial charge in [-0.3, -0.25) is 0 Å². The SMILES string of the molecule is CCC(C)CC(C)n1c(C(C)Cl)nc2cc(F)c(Cl)cc21. The topological polar surface area (TPSA) is 17.8 Å². The number of aromatic nitrogens is 2. The highest BCUT2D eigenvalue weighted by atomic mass is 35.5. The summed E-state index contributed by atoms with van der Waals surface area (Å²) in [6, 6.07) is 3.27. The molecule has 116 valence electrons. The van der Waals surface area contributed by atoms with Crippen molar-refractivity contribution in [3.8, 4) is 0 Å². The maximum atomic E-state index is 13.6. The van der Waals surface area contributed by atoms with E-state index in [1.165, 1.54) is 6.07 Å². The minimum absolute atomic E-state index is 0.119. The molecule has 3 unspecified atom stereocenters. The highest BCUT2D eigenvalue weighted by Crippen LogP contribution is 2.33. The van der Waals surface area contributed by atoms with Crippen molar-refractivity contribution >= 4 is 34.2 Å². The van der Waals surface area contributed by atoms with E-state index in [0.717, 1.165) is 24.2 Å². The van der Waals surface area contributed by atoms with Gasteiger partial charge in [0.1, 0.15) is 11.6 Å². The van der Waals surface area contributed by atoms with Crippen LogP contribution >= 0.6 is 23.2 Å². The molecule has 0 amide bonds. The zero-order chi connectivity index (χ0) is 15.7. The van der Waals surface area contributed by atoms with E-state index < -0.39 is 5.82 Å². The monoisotopic (exact) mass is 330 g/mol. The summed E-state index contributed by atoms with van der Waals surface area (Å²) in [5.41, 5.74) is 1.45. The zero-order valence-electron chi connectivity index (χ0n) is 12.8. The second-order valence-electron chi connectivity index (χ2n) is 5.81. The van der Waals surface area contributed by atoms with E-state index in [0.29, 0.717) is 11.4 Å². The van der Waals surface area contributed by atoms with Gasteiger partial charge in [-0.2, -0.15) is 0 Å². The fourth-order valence-electron chi connectivity index (χ4n) is 2.71. The van der Waals surface area contributed by atoms with Gasteiger partial charge in [0.2, 0.25) is 0 Å². The molecule has 0 aliphatic heterocycles. The van der Waals surface area contributed by atoms with E-state index in [2.05, 4.69) is 30.3 Å². The second kappa shape index (κ2) is 6.53. The quantitative estimate of drug-likeness (QED) is 0.603. The number of imidazole rings is 1. The Bertz CT molecular complexity index is 637.